The van der Waals surface area contributed by atoms with Crippen molar-refractivity contribution in [2.24, 2.45) is 0 Å². The Kier molecular flexibility index (Phi) is 5.07. The molecule has 1 saturated heterocycles. The molecule has 0 aliphatic carbocycles. The Morgan fingerprint density at radius 3 is 2.86 bits per heavy atom. The maximum Gasteiger partial charge on any atom is 0.317 e. The van der Waals surface area contributed by atoms with Crippen LogP contribution in [-0.2, 0) is 4.74 Å². The third-order valence-electron chi connectivity index (χ3n) is 2.12. The zero-order chi connectivity index (χ0) is 10.2. The standard InChI is InChI=1S/C10H18N2O2/c1-2-3-4-5-11-10(13)12-6-8-14-9-7-12/h2-3H,4-9H2,1H3,(H,11,13)/b3-2+. The lowest BCUT2D eigenvalue weighted by Gasteiger charge is -2.26. The number of hydrogen-bond acceptors (Lipinski definition) is 2. The maximum atomic E-state index is 11.5. The molecule has 0 aromatic rings. The summed E-state index contributed by atoms with van der Waals surface area (Å²) in [5.74, 6) is 0. The zero-order valence-corrected chi connectivity index (χ0v) is 8.66. The van der Waals surface area contributed by atoms with Crippen LogP contribution in [0.5, 0.6) is 0 Å². The predicted octanol–water partition coefficient (Wildman–Crippen LogP) is 0.994. The van der Waals surface area contributed by atoms with Crippen molar-refractivity contribution < 1.29 is 9.53 Å². The zero-order valence-electron chi connectivity index (χ0n) is 8.66. The topological polar surface area (TPSA) is 41.6 Å². The number of amides is 2. The molecule has 14 heavy (non-hydrogen) atoms. The quantitative estimate of drug-likeness (QED) is 0.543. The van der Waals surface area contributed by atoms with Crippen LogP contribution in [0.2, 0.25) is 0 Å². The van der Waals surface area contributed by atoms with Crippen LogP contribution in [0.4, 0.5) is 4.79 Å². The minimum absolute atomic E-state index is 0.0257. The van der Waals surface area contributed by atoms with E-state index < -0.39 is 0 Å². The lowest BCUT2D eigenvalue weighted by atomic mass is 10.4. The van der Waals surface area contributed by atoms with E-state index in [1.54, 1.807) is 4.90 Å². The average Bonchev–Trinajstić information content (AvgIpc) is 2.25. The minimum Gasteiger partial charge on any atom is -0.378 e. The molecule has 0 radical (unpaired) electrons. The molecular weight excluding hydrogens is 180 g/mol. The van der Waals surface area contributed by atoms with Crippen molar-refractivity contribution in [3.63, 3.8) is 0 Å². The number of hydrogen-bond donors (Lipinski definition) is 1. The van der Waals surface area contributed by atoms with E-state index in [1.807, 2.05) is 19.1 Å². The number of urea groups is 1. The summed E-state index contributed by atoms with van der Waals surface area (Å²) in [6, 6.07) is 0.0257. The van der Waals surface area contributed by atoms with Gasteiger partial charge in [0.25, 0.3) is 0 Å². The molecule has 1 N–H and O–H groups in total. The Morgan fingerprint density at radius 2 is 2.21 bits per heavy atom. The van der Waals surface area contributed by atoms with Gasteiger partial charge in [-0.15, -0.1) is 0 Å². The van der Waals surface area contributed by atoms with Crippen LogP contribution in [0.15, 0.2) is 12.2 Å². The summed E-state index contributed by atoms with van der Waals surface area (Å²) in [6.07, 6.45) is 4.92. The van der Waals surface area contributed by atoms with Gasteiger partial charge in [-0.05, 0) is 13.3 Å². The Balaban J connectivity index is 2.13. The van der Waals surface area contributed by atoms with E-state index in [-0.39, 0.29) is 6.03 Å². The molecule has 80 valence electrons. The first-order valence-electron chi connectivity index (χ1n) is 5.06. The van der Waals surface area contributed by atoms with Gasteiger partial charge in [0, 0.05) is 19.6 Å². The van der Waals surface area contributed by atoms with E-state index in [9.17, 15) is 4.79 Å². The highest BCUT2D eigenvalue weighted by Crippen LogP contribution is 1.96. The summed E-state index contributed by atoms with van der Waals surface area (Å²) in [6.45, 7) is 5.40. The molecular formula is C10H18N2O2. The number of rotatable bonds is 3. The fourth-order valence-electron chi connectivity index (χ4n) is 1.31. The van der Waals surface area contributed by atoms with Crippen LogP contribution < -0.4 is 5.32 Å². The van der Waals surface area contributed by atoms with Gasteiger partial charge >= 0.3 is 6.03 Å². The molecule has 4 nitrogen and oxygen atoms in total. The van der Waals surface area contributed by atoms with Crippen molar-refractivity contribution in [1.29, 1.82) is 0 Å². The molecule has 1 aliphatic rings. The van der Waals surface area contributed by atoms with Gasteiger partial charge in [0.15, 0.2) is 0 Å². The third-order valence-corrected chi connectivity index (χ3v) is 2.12. The number of nitrogens with zero attached hydrogens (tertiary/aromatic N) is 1. The Labute approximate surface area is 84.9 Å². The Morgan fingerprint density at radius 1 is 1.50 bits per heavy atom. The van der Waals surface area contributed by atoms with Gasteiger partial charge in [-0.2, -0.15) is 0 Å². The van der Waals surface area contributed by atoms with Crippen LogP contribution in [0.25, 0.3) is 0 Å². The second-order valence-electron chi connectivity index (χ2n) is 3.19. The number of morpholine rings is 1. The summed E-state index contributed by atoms with van der Waals surface area (Å²) < 4.78 is 5.16. The number of ether oxygens (including phenoxy) is 1. The molecule has 1 fully saturated rings. The molecule has 4 heteroatoms. The molecule has 0 atom stereocenters. The monoisotopic (exact) mass is 198 g/mol. The van der Waals surface area contributed by atoms with Gasteiger partial charge in [-0.3, -0.25) is 0 Å². The minimum atomic E-state index is 0.0257. The average molecular weight is 198 g/mol. The molecule has 0 saturated carbocycles. The molecule has 1 heterocycles. The van der Waals surface area contributed by atoms with Crippen LogP contribution >= 0.6 is 0 Å². The van der Waals surface area contributed by atoms with E-state index in [2.05, 4.69) is 5.32 Å². The number of carbonyl (C=O) groups is 1. The molecule has 1 rings (SSSR count). The van der Waals surface area contributed by atoms with E-state index >= 15 is 0 Å². The molecule has 2 amide bonds. The lowest BCUT2D eigenvalue weighted by Crippen LogP contribution is -2.46. The second-order valence-corrected chi connectivity index (χ2v) is 3.19. The Bertz CT molecular complexity index is 198. The van der Waals surface area contributed by atoms with E-state index in [4.69, 9.17) is 4.74 Å². The first-order valence-corrected chi connectivity index (χ1v) is 5.06. The molecule has 0 unspecified atom stereocenters. The van der Waals surface area contributed by atoms with Crippen molar-refractivity contribution in [2.45, 2.75) is 13.3 Å². The van der Waals surface area contributed by atoms with Crippen molar-refractivity contribution >= 4 is 6.03 Å². The molecule has 0 aromatic heterocycles. The van der Waals surface area contributed by atoms with E-state index in [0.717, 1.165) is 6.42 Å². The van der Waals surface area contributed by atoms with Gasteiger partial charge < -0.3 is 15.0 Å². The molecule has 0 aromatic carbocycles. The largest absolute Gasteiger partial charge is 0.378 e. The summed E-state index contributed by atoms with van der Waals surface area (Å²) >= 11 is 0. The fraction of sp³-hybridized carbons (Fsp3) is 0.700. The first kappa shape index (κ1) is 11.0. The van der Waals surface area contributed by atoms with Crippen LogP contribution in [0, 0.1) is 0 Å². The smallest absolute Gasteiger partial charge is 0.317 e. The molecule has 0 bridgehead atoms. The van der Waals surface area contributed by atoms with Gasteiger partial charge in [-0.25, -0.2) is 4.79 Å². The van der Waals surface area contributed by atoms with Gasteiger partial charge in [0.2, 0.25) is 0 Å². The predicted molar refractivity (Wildman–Crippen MR) is 55.2 cm³/mol. The molecule has 0 spiro atoms. The van der Waals surface area contributed by atoms with E-state index in [0.29, 0.717) is 32.8 Å². The normalized spacial score (nSPS) is 17.4. The maximum absolute atomic E-state index is 11.5. The van der Waals surface area contributed by atoms with Crippen LogP contribution in [0.3, 0.4) is 0 Å². The number of nitrogens with one attached hydrogen (secondary N) is 1. The highest BCUT2D eigenvalue weighted by atomic mass is 16.5. The van der Waals surface area contributed by atoms with Crippen LogP contribution in [-0.4, -0.2) is 43.8 Å². The first-order chi connectivity index (χ1) is 6.84. The van der Waals surface area contributed by atoms with Gasteiger partial charge in [0.1, 0.15) is 0 Å². The lowest BCUT2D eigenvalue weighted by molar-refractivity contribution is 0.0533. The van der Waals surface area contributed by atoms with Crippen molar-refractivity contribution in [3.05, 3.63) is 12.2 Å². The molecule has 1 aliphatic heterocycles. The van der Waals surface area contributed by atoms with Crippen molar-refractivity contribution in [2.75, 3.05) is 32.8 Å². The summed E-state index contributed by atoms with van der Waals surface area (Å²) in [5, 5.41) is 2.87. The van der Waals surface area contributed by atoms with E-state index in [1.165, 1.54) is 0 Å². The summed E-state index contributed by atoms with van der Waals surface area (Å²) in [5.41, 5.74) is 0. The Hall–Kier alpha value is -1.03. The van der Waals surface area contributed by atoms with Crippen molar-refractivity contribution in [3.8, 4) is 0 Å². The fourth-order valence-corrected chi connectivity index (χ4v) is 1.31. The van der Waals surface area contributed by atoms with Crippen molar-refractivity contribution in [1.82, 2.24) is 10.2 Å². The second kappa shape index (κ2) is 6.43. The summed E-state index contributed by atoms with van der Waals surface area (Å²) in [4.78, 5) is 13.3. The number of allylic oxidation sites excluding steroid dienone is 1. The highest BCUT2D eigenvalue weighted by Gasteiger charge is 2.15. The van der Waals surface area contributed by atoms with Crippen LogP contribution in [0.1, 0.15) is 13.3 Å². The SMILES string of the molecule is C/C=C/CCNC(=O)N1CCOCC1. The highest BCUT2D eigenvalue weighted by molar-refractivity contribution is 5.74. The van der Waals surface area contributed by atoms with Gasteiger partial charge in [0.05, 0.1) is 13.2 Å². The summed E-state index contributed by atoms with van der Waals surface area (Å²) in [7, 11) is 0. The third kappa shape index (κ3) is 3.79. The van der Waals surface area contributed by atoms with Gasteiger partial charge in [-0.1, -0.05) is 12.2 Å². The number of carbonyl (C=O) groups excluding carboxylic acids is 1.